The molecule has 4 atom stereocenters. The number of H-pyrrole nitrogens is 1. The summed E-state index contributed by atoms with van der Waals surface area (Å²) in [7, 11) is 0. The SMILES string of the molecule is CC(C)[C@H](NC(=O)C1CCCCO1)C1=NC=C(c2ccc(-c3ccc(-c4cnc([C@@H](CC(=O)C5CCCCO5)C(C)C)[nH]4)cc3)cc2)C1. The van der Waals surface area contributed by atoms with Gasteiger partial charge in [0.1, 0.15) is 18.0 Å². The first-order valence-electron chi connectivity index (χ1n) is 17.8. The Morgan fingerprint density at radius 3 is 2.00 bits per heavy atom. The van der Waals surface area contributed by atoms with Crippen molar-refractivity contribution in [2.24, 2.45) is 16.8 Å². The molecule has 1 aromatic heterocycles. The van der Waals surface area contributed by atoms with E-state index in [4.69, 9.17) is 19.5 Å². The van der Waals surface area contributed by atoms with E-state index in [1.54, 1.807) is 0 Å². The number of imidazole rings is 1. The van der Waals surface area contributed by atoms with Gasteiger partial charge in [-0.15, -0.1) is 0 Å². The van der Waals surface area contributed by atoms with Crippen LogP contribution in [-0.2, 0) is 19.1 Å². The number of carbonyl (C=O) groups is 2. The number of carbonyl (C=O) groups excluding carboxylic acids is 2. The zero-order chi connectivity index (χ0) is 33.6. The summed E-state index contributed by atoms with van der Waals surface area (Å²) in [6, 6.07) is 17.0. The third-order valence-electron chi connectivity index (χ3n) is 10.0. The van der Waals surface area contributed by atoms with Gasteiger partial charge in [-0.3, -0.25) is 14.6 Å². The molecule has 0 spiro atoms. The van der Waals surface area contributed by atoms with E-state index >= 15 is 0 Å². The molecular weight excluding hydrogens is 600 g/mol. The summed E-state index contributed by atoms with van der Waals surface area (Å²) in [6.45, 7) is 9.87. The van der Waals surface area contributed by atoms with Crippen molar-refractivity contribution in [3.05, 3.63) is 72.3 Å². The van der Waals surface area contributed by atoms with Gasteiger partial charge in [0.25, 0.3) is 0 Å². The van der Waals surface area contributed by atoms with Crippen molar-refractivity contribution in [3.63, 3.8) is 0 Å². The highest BCUT2D eigenvalue weighted by atomic mass is 16.5. The van der Waals surface area contributed by atoms with Crippen LogP contribution in [0, 0.1) is 11.8 Å². The van der Waals surface area contributed by atoms with E-state index < -0.39 is 0 Å². The number of aromatic amines is 1. The molecule has 4 heterocycles. The lowest BCUT2D eigenvalue weighted by atomic mass is 9.87. The van der Waals surface area contributed by atoms with Crippen molar-refractivity contribution in [1.29, 1.82) is 0 Å². The van der Waals surface area contributed by atoms with Crippen molar-refractivity contribution in [1.82, 2.24) is 15.3 Å². The first kappa shape index (κ1) is 34.0. The van der Waals surface area contributed by atoms with Gasteiger partial charge in [-0.25, -0.2) is 4.98 Å². The number of Topliss-reactive ketones (excluding diaryl/α,β-unsaturated/α-hetero) is 1. The highest BCUT2D eigenvalue weighted by Gasteiger charge is 2.30. The quantitative estimate of drug-likeness (QED) is 0.207. The molecule has 2 fully saturated rings. The number of hydrogen-bond donors (Lipinski definition) is 2. The van der Waals surface area contributed by atoms with Gasteiger partial charge in [-0.05, 0) is 78.2 Å². The second kappa shape index (κ2) is 15.6. The fourth-order valence-corrected chi connectivity index (χ4v) is 7.02. The number of hydrogen-bond acceptors (Lipinski definition) is 6. The highest BCUT2D eigenvalue weighted by Crippen LogP contribution is 2.32. The van der Waals surface area contributed by atoms with E-state index in [1.165, 1.54) is 0 Å². The van der Waals surface area contributed by atoms with Crippen LogP contribution in [0.4, 0.5) is 0 Å². The van der Waals surface area contributed by atoms with Crippen LogP contribution in [0.1, 0.15) is 96.4 Å². The monoisotopic (exact) mass is 650 g/mol. The van der Waals surface area contributed by atoms with Gasteiger partial charge < -0.3 is 19.8 Å². The Morgan fingerprint density at radius 2 is 1.42 bits per heavy atom. The molecule has 8 nitrogen and oxygen atoms in total. The van der Waals surface area contributed by atoms with Crippen LogP contribution in [0.15, 0.2) is 65.9 Å². The molecule has 3 aliphatic heterocycles. The van der Waals surface area contributed by atoms with E-state index in [0.717, 1.165) is 90.0 Å². The van der Waals surface area contributed by atoms with E-state index in [9.17, 15) is 9.59 Å². The molecule has 3 aliphatic rings. The summed E-state index contributed by atoms with van der Waals surface area (Å²) in [6.07, 6.45) is 10.1. The fourth-order valence-electron chi connectivity index (χ4n) is 7.02. The average Bonchev–Trinajstić information content (AvgIpc) is 3.81. The van der Waals surface area contributed by atoms with Crippen LogP contribution in [0.3, 0.4) is 0 Å². The normalized spacial score (nSPS) is 21.1. The van der Waals surface area contributed by atoms with Crippen LogP contribution in [0.2, 0.25) is 0 Å². The van der Waals surface area contributed by atoms with Crippen LogP contribution in [-0.4, -0.2) is 58.8 Å². The molecule has 2 aromatic carbocycles. The number of nitrogens with zero attached hydrogens (tertiary/aromatic N) is 2. The number of aromatic nitrogens is 2. The van der Waals surface area contributed by atoms with Crippen molar-refractivity contribution >= 4 is 23.0 Å². The number of nitrogens with one attached hydrogen (secondary N) is 2. The largest absolute Gasteiger partial charge is 0.370 e. The topological polar surface area (TPSA) is 106 Å². The predicted molar refractivity (Wildman–Crippen MR) is 191 cm³/mol. The van der Waals surface area contributed by atoms with Gasteiger partial charge in [0.2, 0.25) is 5.91 Å². The minimum absolute atomic E-state index is 0.0236. The summed E-state index contributed by atoms with van der Waals surface area (Å²) in [4.78, 5) is 38.9. The molecule has 0 bridgehead atoms. The molecule has 0 radical (unpaired) electrons. The average molecular weight is 651 g/mol. The van der Waals surface area contributed by atoms with Crippen LogP contribution in [0.5, 0.6) is 0 Å². The van der Waals surface area contributed by atoms with E-state index in [0.29, 0.717) is 19.6 Å². The minimum atomic E-state index is -0.353. The predicted octanol–water partition coefficient (Wildman–Crippen LogP) is 7.91. The van der Waals surface area contributed by atoms with E-state index in [2.05, 4.69) is 86.5 Å². The maximum atomic E-state index is 13.0. The third kappa shape index (κ3) is 8.04. The number of ketones is 1. The molecule has 2 unspecified atom stereocenters. The van der Waals surface area contributed by atoms with Gasteiger partial charge in [0.15, 0.2) is 5.78 Å². The Hall–Kier alpha value is -3.88. The molecule has 1 amide bonds. The van der Waals surface area contributed by atoms with Crippen LogP contribution < -0.4 is 5.32 Å². The zero-order valence-corrected chi connectivity index (χ0v) is 28.8. The maximum absolute atomic E-state index is 13.0. The Kier molecular flexibility index (Phi) is 11.0. The van der Waals surface area contributed by atoms with Crippen molar-refractivity contribution in [2.75, 3.05) is 13.2 Å². The zero-order valence-electron chi connectivity index (χ0n) is 28.8. The first-order valence-corrected chi connectivity index (χ1v) is 17.8. The number of ether oxygens (including phenoxy) is 2. The lowest BCUT2D eigenvalue weighted by molar-refractivity contribution is -0.136. The summed E-state index contributed by atoms with van der Waals surface area (Å²) < 4.78 is 11.5. The highest BCUT2D eigenvalue weighted by molar-refractivity contribution is 6.03. The molecule has 6 rings (SSSR count). The number of rotatable bonds is 12. The molecule has 48 heavy (non-hydrogen) atoms. The summed E-state index contributed by atoms with van der Waals surface area (Å²) in [5.74, 6) is 1.55. The van der Waals surface area contributed by atoms with Gasteiger partial charge in [0, 0.05) is 43.9 Å². The lowest BCUT2D eigenvalue weighted by Crippen LogP contribution is -2.49. The molecule has 2 saturated heterocycles. The minimum Gasteiger partial charge on any atom is -0.370 e. The van der Waals surface area contributed by atoms with Gasteiger partial charge in [0.05, 0.1) is 17.9 Å². The van der Waals surface area contributed by atoms with Crippen molar-refractivity contribution < 1.29 is 19.1 Å². The molecular formula is C40H50N4O4. The van der Waals surface area contributed by atoms with Gasteiger partial charge in [-0.2, -0.15) is 0 Å². The van der Waals surface area contributed by atoms with Gasteiger partial charge in [-0.1, -0.05) is 76.2 Å². The molecule has 0 saturated carbocycles. The van der Waals surface area contributed by atoms with E-state index in [1.807, 2.05) is 12.4 Å². The number of amides is 1. The van der Waals surface area contributed by atoms with Crippen molar-refractivity contribution in [2.45, 2.75) is 103 Å². The molecule has 254 valence electrons. The smallest absolute Gasteiger partial charge is 0.249 e. The molecule has 0 aliphatic carbocycles. The fraction of sp³-hybridized carbons (Fsp3) is 0.500. The number of aliphatic imine (C=N–C) groups is 1. The Labute approximate surface area is 284 Å². The van der Waals surface area contributed by atoms with Crippen molar-refractivity contribution in [3.8, 4) is 22.4 Å². The Bertz CT molecular complexity index is 1610. The molecule has 3 aromatic rings. The second-order valence-corrected chi connectivity index (χ2v) is 14.3. The number of benzene rings is 2. The standard InChI is InChI=1S/C40H50N4O4/c1-25(2)32(22-35(45)36-9-5-7-19-47-36)39-42-24-34(43-39)30-17-15-28(16-18-30)27-11-13-29(14-12-27)31-21-33(41-23-31)38(26(3)4)44-40(46)37-10-6-8-20-48-37/h11-18,23-26,32,36-38H,5-10,19-22H2,1-4H3,(H,42,43)(H,44,46)/t32-,36?,37?,38-/m0/s1. The Morgan fingerprint density at radius 1 is 0.812 bits per heavy atom. The second-order valence-electron chi connectivity index (χ2n) is 14.3. The van der Waals surface area contributed by atoms with E-state index in [-0.39, 0.29) is 47.7 Å². The molecule has 8 heteroatoms. The summed E-state index contributed by atoms with van der Waals surface area (Å²) in [5, 5.41) is 3.23. The lowest BCUT2D eigenvalue weighted by Gasteiger charge is -2.27. The molecule has 2 N–H and O–H groups in total. The maximum Gasteiger partial charge on any atom is 0.249 e. The summed E-state index contributed by atoms with van der Waals surface area (Å²) >= 11 is 0. The van der Waals surface area contributed by atoms with Crippen LogP contribution >= 0.6 is 0 Å². The van der Waals surface area contributed by atoms with Crippen LogP contribution in [0.25, 0.3) is 28.0 Å². The summed E-state index contributed by atoms with van der Waals surface area (Å²) in [5.41, 5.74) is 7.56. The number of allylic oxidation sites excluding steroid dienone is 1. The first-order chi connectivity index (χ1) is 23.3. The third-order valence-corrected chi connectivity index (χ3v) is 10.0. The Balaban J connectivity index is 1.06. The van der Waals surface area contributed by atoms with Gasteiger partial charge >= 0.3 is 0 Å².